The predicted molar refractivity (Wildman–Crippen MR) is 71.3 cm³/mol. The molecule has 0 radical (unpaired) electrons. The second kappa shape index (κ2) is 4.23. The molecule has 0 amide bonds. The SMILES string of the molecule is COC(=O)C(=O)c1cn2c3c(cccc13)CCC2C. The van der Waals surface area contributed by atoms with E-state index in [0.717, 1.165) is 23.7 Å². The van der Waals surface area contributed by atoms with Crippen molar-refractivity contribution in [1.82, 2.24) is 4.57 Å². The van der Waals surface area contributed by atoms with Gasteiger partial charge in [0.2, 0.25) is 0 Å². The fourth-order valence-corrected chi connectivity index (χ4v) is 2.82. The maximum Gasteiger partial charge on any atom is 0.379 e. The highest BCUT2D eigenvalue weighted by Crippen LogP contribution is 2.34. The zero-order chi connectivity index (χ0) is 13.6. The number of para-hydroxylation sites is 1. The second-order valence-electron chi connectivity index (χ2n) is 4.97. The molecular weight excluding hydrogens is 242 g/mol. The zero-order valence-corrected chi connectivity index (χ0v) is 11.0. The molecule has 4 nitrogen and oxygen atoms in total. The van der Waals surface area contributed by atoms with Gasteiger partial charge in [-0.25, -0.2) is 4.79 Å². The van der Waals surface area contributed by atoms with Crippen molar-refractivity contribution in [2.75, 3.05) is 7.11 Å². The Morgan fingerprint density at radius 1 is 1.37 bits per heavy atom. The first-order chi connectivity index (χ1) is 9.13. The Hall–Kier alpha value is -2.10. The van der Waals surface area contributed by atoms with Gasteiger partial charge in [0.1, 0.15) is 0 Å². The average Bonchev–Trinajstić information content (AvgIpc) is 2.83. The van der Waals surface area contributed by atoms with Crippen LogP contribution in [0.1, 0.15) is 35.3 Å². The monoisotopic (exact) mass is 257 g/mol. The summed E-state index contributed by atoms with van der Waals surface area (Å²) in [6.07, 6.45) is 3.85. The van der Waals surface area contributed by atoms with Crippen LogP contribution in [-0.4, -0.2) is 23.4 Å². The first-order valence-electron chi connectivity index (χ1n) is 6.38. The quantitative estimate of drug-likeness (QED) is 0.472. The largest absolute Gasteiger partial charge is 0.463 e. The van der Waals surface area contributed by atoms with Crippen molar-refractivity contribution in [1.29, 1.82) is 0 Å². The van der Waals surface area contributed by atoms with Crippen LogP contribution >= 0.6 is 0 Å². The minimum atomic E-state index is -0.809. The third-order valence-electron chi connectivity index (χ3n) is 3.86. The molecule has 1 atom stereocenters. The Labute approximate surface area is 111 Å². The van der Waals surface area contributed by atoms with Crippen LogP contribution in [0, 0.1) is 0 Å². The standard InChI is InChI=1S/C15H15NO3/c1-9-6-7-10-4-3-5-11-12(8-16(9)13(10)11)14(17)15(18)19-2/h3-5,8-9H,6-7H2,1-2H3. The van der Waals surface area contributed by atoms with E-state index < -0.39 is 11.8 Å². The summed E-state index contributed by atoms with van der Waals surface area (Å²) in [4.78, 5) is 23.5. The van der Waals surface area contributed by atoms with Gasteiger partial charge < -0.3 is 9.30 Å². The molecule has 1 unspecified atom stereocenters. The van der Waals surface area contributed by atoms with E-state index >= 15 is 0 Å². The van der Waals surface area contributed by atoms with Crippen LogP contribution in [0.15, 0.2) is 24.4 Å². The number of carbonyl (C=O) groups excluding carboxylic acids is 2. The Morgan fingerprint density at radius 2 is 2.16 bits per heavy atom. The molecular formula is C15H15NO3. The summed E-state index contributed by atoms with van der Waals surface area (Å²) in [5.41, 5.74) is 2.76. The van der Waals surface area contributed by atoms with Crippen molar-refractivity contribution in [2.45, 2.75) is 25.8 Å². The number of carbonyl (C=O) groups is 2. The number of benzene rings is 1. The molecule has 1 aromatic carbocycles. The zero-order valence-electron chi connectivity index (χ0n) is 11.0. The Bertz CT molecular complexity index is 684. The highest BCUT2D eigenvalue weighted by molar-refractivity contribution is 6.43. The molecule has 0 saturated heterocycles. The smallest absolute Gasteiger partial charge is 0.379 e. The first kappa shape index (κ1) is 12.0. The molecule has 0 fully saturated rings. The van der Waals surface area contributed by atoms with E-state index in [-0.39, 0.29) is 0 Å². The van der Waals surface area contributed by atoms with Crippen LogP contribution in [0.5, 0.6) is 0 Å². The third-order valence-corrected chi connectivity index (χ3v) is 3.86. The fraction of sp³-hybridized carbons (Fsp3) is 0.333. The van der Waals surface area contributed by atoms with Crippen LogP contribution in [0.4, 0.5) is 0 Å². The van der Waals surface area contributed by atoms with Crippen molar-refractivity contribution in [3.05, 3.63) is 35.5 Å². The highest BCUT2D eigenvalue weighted by Gasteiger charge is 2.26. The molecule has 3 rings (SSSR count). The number of methoxy groups -OCH3 is 1. The average molecular weight is 257 g/mol. The summed E-state index contributed by atoms with van der Waals surface area (Å²) in [6, 6.07) is 6.25. The van der Waals surface area contributed by atoms with Crippen LogP contribution in [0.2, 0.25) is 0 Å². The van der Waals surface area contributed by atoms with E-state index in [4.69, 9.17) is 0 Å². The van der Waals surface area contributed by atoms with Gasteiger partial charge in [0.25, 0.3) is 5.78 Å². The number of aromatic nitrogens is 1. The molecule has 4 heteroatoms. The predicted octanol–water partition coefficient (Wildman–Crippen LogP) is 2.50. The van der Waals surface area contributed by atoms with E-state index in [0.29, 0.717) is 11.6 Å². The maximum absolute atomic E-state index is 12.1. The topological polar surface area (TPSA) is 48.3 Å². The summed E-state index contributed by atoms with van der Waals surface area (Å²) in [5.74, 6) is -1.38. The van der Waals surface area contributed by atoms with Gasteiger partial charge in [-0.2, -0.15) is 0 Å². The van der Waals surface area contributed by atoms with Gasteiger partial charge in [-0.05, 0) is 25.3 Å². The van der Waals surface area contributed by atoms with E-state index in [2.05, 4.69) is 22.3 Å². The van der Waals surface area contributed by atoms with Gasteiger partial charge >= 0.3 is 5.97 Å². The summed E-state index contributed by atoms with van der Waals surface area (Å²) in [5, 5.41) is 0.847. The summed E-state index contributed by atoms with van der Waals surface area (Å²) < 4.78 is 6.63. The Balaban J connectivity index is 2.26. The minimum absolute atomic E-state index is 0.344. The number of nitrogens with zero attached hydrogens (tertiary/aromatic N) is 1. The van der Waals surface area contributed by atoms with E-state index in [1.807, 2.05) is 12.1 Å². The number of esters is 1. The van der Waals surface area contributed by atoms with Gasteiger partial charge in [-0.15, -0.1) is 0 Å². The number of Topliss-reactive ketones (excluding diaryl/α,β-unsaturated/α-hetero) is 1. The van der Waals surface area contributed by atoms with Crippen LogP contribution in [0.25, 0.3) is 10.9 Å². The lowest BCUT2D eigenvalue weighted by Gasteiger charge is -2.22. The van der Waals surface area contributed by atoms with Crippen molar-refractivity contribution in [2.24, 2.45) is 0 Å². The summed E-state index contributed by atoms with van der Waals surface area (Å²) in [7, 11) is 1.23. The van der Waals surface area contributed by atoms with E-state index in [9.17, 15) is 9.59 Å². The van der Waals surface area contributed by atoms with Crippen molar-refractivity contribution in [3.8, 4) is 0 Å². The van der Waals surface area contributed by atoms with Crippen LogP contribution in [-0.2, 0) is 16.0 Å². The molecule has 98 valence electrons. The number of hydrogen-bond acceptors (Lipinski definition) is 3. The van der Waals surface area contributed by atoms with Crippen LogP contribution in [0.3, 0.4) is 0 Å². The molecule has 1 aliphatic heterocycles. The van der Waals surface area contributed by atoms with Crippen molar-refractivity contribution < 1.29 is 14.3 Å². The summed E-state index contributed by atoms with van der Waals surface area (Å²) in [6.45, 7) is 2.13. The van der Waals surface area contributed by atoms with Gasteiger partial charge in [0.05, 0.1) is 18.2 Å². The minimum Gasteiger partial charge on any atom is -0.463 e. The highest BCUT2D eigenvalue weighted by atomic mass is 16.5. The van der Waals surface area contributed by atoms with Crippen molar-refractivity contribution in [3.63, 3.8) is 0 Å². The molecule has 0 spiro atoms. The van der Waals surface area contributed by atoms with Gasteiger partial charge in [-0.3, -0.25) is 4.79 Å². The third kappa shape index (κ3) is 1.67. The fourth-order valence-electron chi connectivity index (χ4n) is 2.82. The first-order valence-corrected chi connectivity index (χ1v) is 6.38. The Morgan fingerprint density at radius 3 is 2.89 bits per heavy atom. The second-order valence-corrected chi connectivity index (χ2v) is 4.97. The van der Waals surface area contributed by atoms with E-state index in [1.165, 1.54) is 12.7 Å². The van der Waals surface area contributed by atoms with Crippen LogP contribution < -0.4 is 0 Å². The molecule has 0 saturated carbocycles. The lowest BCUT2D eigenvalue weighted by molar-refractivity contribution is -0.135. The lowest BCUT2D eigenvalue weighted by Crippen LogP contribution is -2.15. The van der Waals surface area contributed by atoms with Gasteiger partial charge in [-0.1, -0.05) is 18.2 Å². The van der Waals surface area contributed by atoms with E-state index in [1.54, 1.807) is 6.20 Å². The van der Waals surface area contributed by atoms with Gasteiger partial charge in [0.15, 0.2) is 0 Å². The molecule has 1 aromatic heterocycles. The molecule has 1 aliphatic rings. The molecule has 2 aromatic rings. The Kier molecular flexibility index (Phi) is 2.66. The number of ketones is 1. The number of hydrogen-bond donors (Lipinski definition) is 0. The normalized spacial score (nSPS) is 17.5. The molecule has 0 aliphatic carbocycles. The molecule has 19 heavy (non-hydrogen) atoms. The number of rotatable bonds is 2. The van der Waals surface area contributed by atoms with Gasteiger partial charge in [0, 0.05) is 17.6 Å². The summed E-state index contributed by atoms with van der Waals surface area (Å²) >= 11 is 0. The van der Waals surface area contributed by atoms with Crippen molar-refractivity contribution >= 4 is 22.7 Å². The lowest BCUT2D eigenvalue weighted by atomic mass is 9.98. The molecule has 2 heterocycles. The number of aryl methyl sites for hydroxylation is 1. The molecule has 0 N–H and O–H groups in total. The maximum atomic E-state index is 12.1. The molecule has 0 bridgehead atoms. The number of ether oxygens (including phenoxy) is 1.